The number of nitrogens with one attached hydrogen (secondary N) is 2. The molecule has 4 nitrogen and oxygen atoms in total. The Balaban J connectivity index is 1.99. The maximum atomic E-state index is 15.0. The number of alkyl halides is 6. The lowest BCUT2D eigenvalue weighted by molar-refractivity contribution is -0.140. The third-order valence-corrected chi connectivity index (χ3v) is 7.02. The Kier molecular flexibility index (Phi) is 8.98. The van der Waals surface area contributed by atoms with Gasteiger partial charge in [0, 0.05) is 12.1 Å². The summed E-state index contributed by atoms with van der Waals surface area (Å²) in [5, 5.41) is 3.79. The van der Waals surface area contributed by atoms with Crippen LogP contribution in [0.3, 0.4) is 0 Å². The first-order valence-electron chi connectivity index (χ1n) is 11.0. The number of halogens is 10. The molecule has 14 heteroatoms. The molecule has 39 heavy (non-hydrogen) atoms. The highest BCUT2D eigenvalue weighted by molar-refractivity contribution is 6.48. The molecular formula is C25H18Cl3F7N2O2. The number of benzene rings is 2. The van der Waals surface area contributed by atoms with Crippen LogP contribution in [0.4, 0.5) is 30.7 Å². The number of hydrogen-bond donors (Lipinski definition) is 2. The molecule has 1 aliphatic carbocycles. The molecule has 2 N–H and O–H groups in total. The molecule has 1 saturated carbocycles. The fourth-order valence-corrected chi connectivity index (χ4v) is 4.27. The van der Waals surface area contributed by atoms with Crippen molar-refractivity contribution in [3.63, 3.8) is 0 Å². The van der Waals surface area contributed by atoms with Crippen LogP contribution in [0.2, 0.25) is 15.1 Å². The molecule has 0 aliphatic heterocycles. The zero-order valence-electron chi connectivity index (χ0n) is 19.5. The molecule has 0 saturated heterocycles. The van der Waals surface area contributed by atoms with Crippen LogP contribution in [0.1, 0.15) is 45.8 Å². The van der Waals surface area contributed by atoms with Crippen LogP contribution in [0.5, 0.6) is 0 Å². The lowest BCUT2D eigenvalue weighted by Gasteiger charge is -2.20. The van der Waals surface area contributed by atoms with Gasteiger partial charge in [0.15, 0.2) is 0 Å². The van der Waals surface area contributed by atoms with Crippen LogP contribution in [0.25, 0.3) is 5.83 Å². The maximum Gasteiger partial charge on any atom is 0.417 e. The Bertz CT molecular complexity index is 1310. The van der Waals surface area contributed by atoms with Gasteiger partial charge in [-0.05, 0) is 48.7 Å². The van der Waals surface area contributed by atoms with Crippen LogP contribution in [0.15, 0.2) is 49.1 Å². The average Bonchev–Trinajstić information content (AvgIpc) is 3.62. The van der Waals surface area contributed by atoms with Gasteiger partial charge in [0.05, 0.1) is 26.2 Å². The molecule has 2 aromatic rings. The molecule has 1 aliphatic rings. The largest absolute Gasteiger partial charge is 0.417 e. The maximum absolute atomic E-state index is 15.0. The molecule has 2 aromatic carbocycles. The van der Waals surface area contributed by atoms with Crippen molar-refractivity contribution in [1.82, 2.24) is 10.6 Å². The smallest absolute Gasteiger partial charge is 0.351 e. The Labute approximate surface area is 232 Å². The van der Waals surface area contributed by atoms with Crippen molar-refractivity contribution in [3.8, 4) is 0 Å². The minimum Gasteiger partial charge on any atom is -0.351 e. The summed E-state index contributed by atoms with van der Waals surface area (Å²) < 4.78 is 97.9. The molecule has 1 fully saturated rings. The zero-order chi connectivity index (χ0) is 29.3. The number of amides is 2. The van der Waals surface area contributed by atoms with Crippen molar-refractivity contribution in [2.24, 2.45) is 0 Å². The first-order chi connectivity index (χ1) is 18.0. The number of carbonyl (C=O) groups excluding carboxylic acids is 2. The van der Waals surface area contributed by atoms with E-state index in [1.54, 1.807) is 0 Å². The summed E-state index contributed by atoms with van der Waals surface area (Å²) in [6, 6.07) is 3.18. The number of allylic oxidation sites excluding steroid dienone is 1. The van der Waals surface area contributed by atoms with E-state index in [0.717, 1.165) is 18.2 Å². The molecule has 0 spiro atoms. The van der Waals surface area contributed by atoms with Crippen molar-refractivity contribution >= 4 is 52.4 Å². The average molecular weight is 618 g/mol. The Hall–Kier alpha value is -2.76. The third kappa shape index (κ3) is 7.06. The van der Waals surface area contributed by atoms with Gasteiger partial charge in [0.25, 0.3) is 5.91 Å². The Morgan fingerprint density at radius 2 is 1.62 bits per heavy atom. The fraction of sp³-hybridized carbons (Fsp3) is 0.280. The van der Waals surface area contributed by atoms with Gasteiger partial charge in [0.2, 0.25) is 5.91 Å². The standard InChI is InChI=1S/C25H18Cl3F7N2O2/c1-2-7-36-22(39)23(5-6-23)37-21(38)14-4-3-12(8-16(14)25(33,34)35)19(29)11-15(24(30,31)32)13-9-17(26)20(28)18(27)10-13/h2-4,8-11,15H,1,5-7H2,(H,36,39)(H,37,38). The first-order valence-corrected chi connectivity index (χ1v) is 12.2. The van der Waals surface area contributed by atoms with Crippen LogP contribution in [-0.4, -0.2) is 30.1 Å². The van der Waals surface area contributed by atoms with Crippen molar-refractivity contribution in [1.29, 1.82) is 0 Å². The van der Waals surface area contributed by atoms with E-state index in [0.29, 0.717) is 6.07 Å². The van der Waals surface area contributed by atoms with E-state index >= 15 is 4.39 Å². The molecule has 1 unspecified atom stereocenters. The Morgan fingerprint density at radius 1 is 1.03 bits per heavy atom. The van der Waals surface area contributed by atoms with Gasteiger partial charge in [-0.3, -0.25) is 9.59 Å². The Morgan fingerprint density at radius 3 is 2.10 bits per heavy atom. The second-order valence-electron chi connectivity index (χ2n) is 8.63. The highest BCUT2D eigenvalue weighted by Crippen LogP contribution is 2.43. The first kappa shape index (κ1) is 30.8. The normalized spacial score (nSPS) is 15.9. The minimum atomic E-state index is -5.19. The van der Waals surface area contributed by atoms with Gasteiger partial charge in [0.1, 0.15) is 17.3 Å². The topological polar surface area (TPSA) is 58.2 Å². The molecule has 0 aromatic heterocycles. The van der Waals surface area contributed by atoms with E-state index < -0.39 is 63.7 Å². The summed E-state index contributed by atoms with van der Waals surface area (Å²) in [6.07, 6.45) is -8.49. The molecule has 0 radical (unpaired) electrons. The predicted octanol–water partition coefficient (Wildman–Crippen LogP) is 7.89. The molecule has 1 atom stereocenters. The van der Waals surface area contributed by atoms with Gasteiger partial charge in [-0.2, -0.15) is 26.3 Å². The van der Waals surface area contributed by atoms with Crippen LogP contribution in [-0.2, 0) is 11.0 Å². The van der Waals surface area contributed by atoms with Gasteiger partial charge in [-0.25, -0.2) is 4.39 Å². The van der Waals surface area contributed by atoms with Gasteiger partial charge in [-0.1, -0.05) is 46.9 Å². The van der Waals surface area contributed by atoms with Gasteiger partial charge in [-0.15, -0.1) is 6.58 Å². The SMILES string of the molecule is C=CCNC(=O)C1(NC(=O)c2ccc(C(F)=CC(c3cc(Cl)c(Cl)c(Cl)c3)C(F)(F)F)cc2C(F)(F)F)CC1. The van der Waals surface area contributed by atoms with Crippen molar-refractivity contribution in [2.45, 2.75) is 36.7 Å². The van der Waals surface area contributed by atoms with E-state index in [-0.39, 0.29) is 46.6 Å². The fourth-order valence-electron chi connectivity index (χ4n) is 3.65. The zero-order valence-corrected chi connectivity index (χ0v) is 21.8. The van der Waals surface area contributed by atoms with Crippen molar-refractivity contribution in [3.05, 3.63) is 86.4 Å². The van der Waals surface area contributed by atoms with Gasteiger partial charge < -0.3 is 10.6 Å². The van der Waals surface area contributed by atoms with E-state index in [1.165, 1.54) is 6.08 Å². The summed E-state index contributed by atoms with van der Waals surface area (Å²) in [6.45, 7) is 3.49. The summed E-state index contributed by atoms with van der Waals surface area (Å²) >= 11 is 17.3. The number of carbonyl (C=O) groups is 2. The summed E-state index contributed by atoms with van der Waals surface area (Å²) in [7, 11) is 0. The number of hydrogen-bond acceptors (Lipinski definition) is 2. The highest BCUT2D eigenvalue weighted by Gasteiger charge is 2.51. The summed E-state index contributed by atoms with van der Waals surface area (Å²) in [4.78, 5) is 25.0. The number of rotatable bonds is 8. The molecule has 2 amide bonds. The van der Waals surface area contributed by atoms with Crippen LogP contribution >= 0.6 is 34.8 Å². The van der Waals surface area contributed by atoms with Crippen molar-refractivity contribution < 1.29 is 40.3 Å². The molecule has 3 rings (SSSR count). The minimum absolute atomic E-state index is 0.0638. The quantitative estimate of drug-likeness (QED) is 0.180. The molecule has 210 valence electrons. The van der Waals surface area contributed by atoms with Crippen LogP contribution in [0, 0.1) is 0 Å². The van der Waals surface area contributed by atoms with E-state index in [1.807, 2.05) is 0 Å². The van der Waals surface area contributed by atoms with E-state index in [4.69, 9.17) is 34.8 Å². The van der Waals surface area contributed by atoms with Crippen molar-refractivity contribution in [2.75, 3.05) is 6.54 Å². The lowest BCUT2D eigenvalue weighted by Crippen LogP contribution is -2.49. The molecule has 0 heterocycles. The second kappa shape index (κ2) is 11.4. The van der Waals surface area contributed by atoms with Gasteiger partial charge >= 0.3 is 12.4 Å². The van der Waals surface area contributed by atoms with E-state index in [2.05, 4.69) is 17.2 Å². The monoisotopic (exact) mass is 616 g/mol. The highest BCUT2D eigenvalue weighted by atomic mass is 35.5. The molecular weight excluding hydrogens is 600 g/mol. The van der Waals surface area contributed by atoms with Crippen LogP contribution < -0.4 is 10.6 Å². The molecule has 0 bridgehead atoms. The third-order valence-electron chi connectivity index (χ3n) is 5.82. The summed E-state index contributed by atoms with van der Waals surface area (Å²) in [5.41, 5.74) is -5.43. The predicted molar refractivity (Wildman–Crippen MR) is 133 cm³/mol. The second-order valence-corrected chi connectivity index (χ2v) is 9.82. The summed E-state index contributed by atoms with van der Waals surface area (Å²) in [5.74, 6) is -6.18. The lowest BCUT2D eigenvalue weighted by atomic mass is 9.95. The van der Waals surface area contributed by atoms with E-state index in [9.17, 15) is 35.9 Å².